The molecule has 0 fully saturated rings. The van der Waals surface area contributed by atoms with Gasteiger partial charge < -0.3 is 9.30 Å². The fourth-order valence-electron chi connectivity index (χ4n) is 2.33. The van der Waals surface area contributed by atoms with Crippen molar-refractivity contribution in [1.82, 2.24) is 9.55 Å². The normalized spacial score (nSPS) is 12.9. The number of carbonyl (C=O) groups is 1. The Balaban J connectivity index is 2.73. The molecule has 1 atom stereocenters. The number of fused-ring (bicyclic) bond motifs is 1. The summed E-state index contributed by atoms with van der Waals surface area (Å²) in [7, 11) is 1.38. The van der Waals surface area contributed by atoms with Crippen LogP contribution in [0.25, 0.3) is 11.0 Å². The Kier molecular flexibility index (Phi) is 4.55. The van der Waals surface area contributed by atoms with Crippen molar-refractivity contribution < 1.29 is 9.53 Å². The van der Waals surface area contributed by atoms with Crippen LogP contribution in [0.2, 0.25) is 5.02 Å². The number of esters is 1. The zero-order chi connectivity index (χ0) is 14.9. The molecule has 0 radical (unpaired) electrons. The maximum absolute atomic E-state index is 12.1. The second-order valence-electron chi connectivity index (χ2n) is 4.85. The van der Waals surface area contributed by atoms with Gasteiger partial charge in [-0.3, -0.25) is 0 Å². The van der Waals surface area contributed by atoms with E-state index in [1.54, 1.807) is 6.07 Å². The van der Waals surface area contributed by atoms with Gasteiger partial charge in [0.15, 0.2) is 0 Å². The van der Waals surface area contributed by atoms with Crippen LogP contribution in [-0.4, -0.2) is 22.6 Å². The molecule has 1 heterocycles. The van der Waals surface area contributed by atoms with Crippen LogP contribution in [0.5, 0.6) is 0 Å². The number of nitrogens with zero attached hydrogens (tertiary/aromatic N) is 2. The molecule has 4 nitrogen and oxygen atoms in total. The number of para-hydroxylation sites is 1. The molecule has 0 N–H and O–H groups in total. The first kappa shape index (κ1) is 15.1. The SMILES string of the molecule is COC(=O)C(C(C)C)n1c(CCl)nc2c(Cl)cccc21. The number of aromatic nitrogens is 2. The van der Waals surface area contributed by atoms with Crippen LogP contribution in [0, 0.1) is 5.92 Å². The number of ether oxygens (including phenoxy) is 1. The number of imidazole rings is 1. The molecule has 0 amide bonds. The molecule has 0 saturated heterocycles. The van der Waals surface area contributed by atoms with Gasteiger partial charge in [0, 0.05) is 0 Å². The van der Waals surface area contributed by atoms with Gasteiger partial charge >= 0.3 is 5.97 Å². The molecule has 20 heavy (non-hydrogen) atoms. The molecule has 1 unspecified atom stereocenters. The van der Waals surface area contributed by atoms with Gasteiger partial charge in [0.25, 0.3) is 0 Å². The molecule has 0 bridgehead atoms. The van der Waals surface area contributed by atoms with Crippen molar-refractivity contribution in [3.05, 3.63) is 29.0 Å². The molecule has 0 aliphatic rings. The van der Waals surface area contributed by atoms with Crippen molar-refractivity contribution in [3.63, 3.8) is 0 Å². The van der Waals surface area contributed by atoms with E-state index < -0.39 is 6.04 Å². The van der Waals surface area contributed by atoms with Crippen LogP contribution >= 0.6 is 23.2 Å². The van der Waals surface area contributed by atoms with E-state index in [1.165, 1.54) is 7.11 Å². The van der Waals surface area contributed by atoms with Gasteiger partial charge in [-0.2, -0.15) is 0 Å². The molecule has 0 saturated carbocycles. The minimum atomic E-state index is -0.475. The Morgan fingerprint density at radius 2 is 2.15 bits per heavy atom. The van der Waals surface area contributed by atoms with Crippen LogP contribution in [0.1, 0.15) is 25.7 Å². The maximum atomic E-state index is 12.1. The molecule has 1 aromatic carbocycles. The van der Waals surface area contributed by atoms with Gasteiger partial charge in [-0.25, -0.2) is 9.78 Å². The standard InChI is InChI=1S/C14H16Cl2N2O2/c1-8(2)13(14(19)20-3)18-10-6-4-5-9(16)12(10)17-11(18)7-15/h4-6,8,13H,7H2,1-3H3. The van der Waals surface area contributed by atoms with E-state index in [4.69, 9.17) is 27.9 Å². The number of hydrogen-bond donors (Lipinski definition) is 0. The lowest BCUT2D eigenvalue weighted by molar-refractivity contribution is -0.145. The molecule has 2 rings (SSSR count). The van der Waals surface area contributed by atoms with E-state index >= 15 is 0 Å². The summed E-state index contributed by atoms with van der Waals surface area (Å²) in [5.41, 5.74) is 1.44. The highest BCUT2D eigenvalue weighted by Gasteiger charge is 2.29. The average molecular weight is 315 g/mol. The second kappa shape index (κ2) is 6.02. The first-order valence-electron chi connectivity index (χ1n) is 6.30. The van der Waals surface area contributed by atoms with E-state index in [2.05, 4.69) is 4.98 Å². The first-order chi connectivity index (χ1) is 9.51. The third kappa shape index (κ3) is 2.50. The van der Waals surface area contributed by atoms with E-state index in [1.807, 2.05) is 30.5 Å². The third-order valence-corrected chi connectivity index (χ3v) is 3.76. The molecular formula is C14H16Cl2N2O2. The van der Waals surface area contributed by atoms with E-state index in [-0.39, 0.29) is 17.8 Å². The fourth-order valence-corrected chi connectivity index (χ4v) is 2.73. The quantitative estimate of drug-likeness (QED) is 0.637. The van der Waals surface area contributed by atoms with Gasteiger partial charge in [0.05, 0.1) is 23.5 Å². The molecule has 1 aromatic heterocycles. The Hall–Kier alpha value is -1.26. The summed E-state index contributed by atoms with van der Waals surface area (Å²) < 4.78 is 6.74. The van der Waals surface area contributed by atoms with Crippen molar-refractivity contribution in [2.45, 2.75) is 25.8 Å². The summed E-state index contributed by atoms with van der Waals surface area (Å²) in [4.78, 5) is 16.5. The van der Waals surface area contributed by atoms with E-state index in [9.17, 15) is 4.79 Å². The lowest BCUT2D eigenvalue weighted by Gasteiger charge is -2.22. The number of rotatable bonds is 4. The molecule has 2 aromatic rings. The van der Waals surface area contributed by atoms with Gasteiger partial charge in [-0.05, 0) is 18.1 Å². The van der Waals surface area contributed by atoms with Crippen LogP contribution in [0.4, 0.5) is 0 Å². The molecule has 6 heteroatoms. The highest BCUT2D eigenvalue weighted by Crippen LogP contribution is 2.31. The van der Waals surface area contributed by atoms with Crippen molar-refractivity contribution in [2.24, 2.45) is 5.92 Å². The van der Waals surface area contributed by atoms with Crippen LogP contribution < -0.4 is 0 Å². The van der Waals surface area contributed by atoms with E-state index in [0.717, 1.165) is 5.52 Å². The summed E-state index contributed by atoms with van der Waals surface area (Å²) in [5.74, 6) is 0.538. The second-order valence-corrected chi connectivity index (χ2v) is 5.53. The van der Waals surface area contributed by atoms with Gasteiger partial charge in [0.1, 0.15) is 17.4 Å². The number of methoxy groups -OCH3 is 1. The third-order valence-electron chi connectivity index (χ3n) is 3.22. The largest absolute Gasteiger partial charge is 0.467 e. The van der Waals surface area contributed by atoms with Crippen molar-refractivity contribution >= 4 is 40.2 Å². The van der Waals surface area contributed by atoms with Gasteiger partial charge in [-0.15, -0.1) is 11.6 Å². The number of alkyl halides is 1. The van der Waals surface area contributed by atoms with Crippen LogP contribution in [0.3, 0.4) is 0 Å². The van der Waals surface area contributed by atoms with Crippen LogP contribution in [-0.2, 0) is 15.4 Å². The Bertz CT molecular complexity index is 637. The smallest absolute Gasteiger partial charge is 0.329 e. The highest BCUT2D eigenvalue weighted by atomic mass is 35.5. The van der Waals surface area contributed by atoms with Gasteiger partial charge in [0.2, 0.25) is 0 Å². The van der Waals surface area contributed by atoms with Crippen molar-refractivity contribution in [1.29, 1.82) is 0 Å². The topological polar surface area (TPSA) is 44.1 Å². The minimum absolute atomic E-state index is 0.0424. The first-order valence-corrected chi connectivity index (χ1v) is 7.21. The lowest BCUT2D eigenvalue weighted by atomic mass is 10.0. The van der Waals surface area contributed by atoms with Crippen molar-refractivity contribution in [3.8, 4) is 0 Å². The zero-order valence-electron chi connectivity index (χ0n) is 11.6. The summed E-state index contributed by atoms with van der Waals surface area (Å²) in [6.07, 6.45) is 0. The molecule has 0 spiro atoms. The number of carbonyl (C=O) groups excluding carboxylic acids is 1. The molecule has 0 aliphatic carbocycles. The summed E-state index contributed by atoms with van der Waals surface area (Å²) in [5, 5.41) is 0.542. The van der Waals surface area contributed by atoms with Crippen LogP contribution in [0.15, 0.2) is 18.2 Å². The molecule has 108 valence electrons. The average Bonchev–Trinajstić information content (AvgIpc) is 2.79. The monoisotopic (exact) mass is 314 g/mol. The lowest BCUT2D eigenvalue weighted by Crippen LogP contribution is -2.27. The Morgan fingerprint density at radius 3 is 2.70 bits per heavy atom. The number of halogens is 2. The highest BCUT2D eigenvalue weighted by molar-refractivity contribution is 6.35. The predicted molar refractivity (Wildman–Crippen MR) is 80.2 cm³/mol. The molecule has 0 aliphatic heterocycles. The summed E-state index contributed by atoms with van der Waals surface area (Å²) >= 11 is 12.1. The number of benzene rings is 1. The summed E-state index contributed by atoms with van der Waals surface area (Å²) in [6, 6.07) is 5.00. The fraction of sp³-hybridized carbons (Fsp3) is 0.429. The maximum Gasteiger partial charge on any atom is 0.329 e. The van der Waals surface area contributed by atoms with Crippen molar-refractivity contribution in [2.75, 3.05) is 7.11 Å². The zero-order valence-corrected chi connectivity index (χ0v) is 13.1. The Morgan fingerprint density at radius 1 is 1.45 bits per heavy atom. The number of hydrogen-bond acceptors (Lipinski definition) is 3. The summed E-state index contributed by atoms with van der Waals surface area (Å²) in [6.45, 7) is 3.91. The molecular weight excluding hydrogens is 299 g/mol. The predicted octanol–water partition coefficient (Wildman–Crippen LogP) is 3.80. The minimum Gasteiger partial charge on any atom is -0.467 e. The van der Waals surface area contributed by atoms with Gasteiger partial charge in [-0.1, -0.05) is 31.5 Å². The van der Waals surface area contributed by atoms with E-state index in [0.29, 0.717) is 16.4 Å². The Labute approximate surface area is 127 Å².